The van der Waals surface area contributed by atoms with Crippen molar-refractivity contribution in [1.29, 1.82) is 0 Å². The summed E-state index contributed by atoms with van der Waals surface area (Å²) in [5.41, 5.74) is 3.40. The van der Waals surface area contributed by atoms with E-state index in [1.54, 1.807) is 0 Å². The molecule has 0 aliphatic rings. The summed E-state index contributed by atoms with van der Waals surface area (Å²) in [5, 5.41) is 7.80. The molecule has 134 valence electrons. The predicted molar refractivity (Wildman–Crippen MR) is 106 cm³/mol. The molecule has 0 fully saturated rings. The summed E-state index contributed by atoms with van der Waals surface area (Å²) in [6.45, 7) is 5.34. The molecule has 0 unspecified atom stereocenters. The first kappa shape index (κ1) is 17.7. The second-order valence-electron chi connectivity index (χ2n) is 6.15. The fourth-order valence-corrected chi connectivity index (χ4v) is 3.17. The van der Waals surface area contributed by atoms with Crippen LogP contribution in [-0.4, -0.2) is 29.5 Å². The molecule has 0 atom stereocenters. The number of rotatable bonds is 6. The number of para-hydroxylation sites is 1. The van der Waals surface area contributed by atoms with Gasteiger partial charge in [0.15, 0.2) is 0 Å². The van der Waals surface area contributed by atoms with Crippen LogP contribution >= 0.6 is 0 Å². The lowest BCUT2D eigenvalue weighted by atomic mass is 10.1. The van der Waals surface area contributed by atoms with Crippen molar-refractivity contribution in [3.8, 4) is 0 Å². The predicted octanol–water partition coefficient (Wildman–Crippen LogP) is 3.08. The van der Waals surface area contributed by atoms with Crippen LogP contribution in [0.1, 0.15) is 19.4 Å². The molecular formula is C21H23N3O2. The molecule has 3 aromatic rings. The highest BCUT2D eigenvalue weighted by atomic mass is 16.2. The van der Waals surface area contributed by atoms with Crippen LogP contribution in [0.4, 0.5) is 0 Å². The maximum Gasteiger partial charge on any atom is 0.244 e. The SMILES string of the molecule is CCn1c2ccccc2c2cc(/C=C\C(=O)NCCNC(C)=O)ccc21. The van der Waals surface area contributed by atoms with E-state index in [-0.39, 0.29) is 11.8 Å². The third-order valence-electron chi connectivity index (χ3n) is 4.34. The molecule has 0 spiro atoms. The van der Waals surface area contributed by atoms with Gasteiger partial charge in [0.2, 0.25) is 11.8 Å². The summed E-state index contributed by atoms with van der Waals surface area (Å²) < 4.78 is 2.30. The van der Waals surface area contributed by atoms with Crippen molar-refractivity contribution in [1.82, 2.24) is 15.2 Å². The average molecular weight is 349 g/mol. The molecule has 0 saturated heterocycles. The quantitative estimate of drug-likeness (QED) is 0.531. The van der Waals surface area contributed by atoms with Crippen LogP contribution in [0.25, 0.3) is 27.9 Å². The highest BCUT2D eigenvalue weighted by Crippen LogP contribution is 2.29. The first-order valence-corrected chi connectivity index (χ1v) is 8.81. The van der Waals surface area contributed by atoms with Crippen molar-refractivity contribution in [3.63, 3.8) is 0 Å². The molecule has 5 heteroatoms. The number of hydrogen-bond donors (Lipinski definition) is 2. The molecule has 0 bridgehead atoms. The topological polar surface area (TPSA) is 63.1 Å². The van der Waals surface area contributed by atoms with Crippen LogP contribution in [-0.2, 0) is 16.1 Å². The minimum Gasteiger partial charge on any atom is -0.355 e. The summed E-state index contributed by atoms with van der Waals surface area (Å²) in [6, 6.07) is 14.6. The Labute approximate surface area is 152 Å². The molecule has 1 aromatic heterocycles. The second kappa shape index (κ2) is 7.87. The van der Waals surface area contributed by atoms with Gasteiger partial charge in [0.05, 0.1) is 0 Å². The van der Waals surface area contributed by atoms with Crippen LogP contribution < -0.4 is 10.6 Å². The van der Waals surface area contributed by atoms with Crippen molar-refractivity contribution >= 4 is 39.7 Å². The van der Waals surface area contributed by atoms with Gasteiger partial charge in [-0.1, -0.05) is 24.3 Å². The molecule has 0 saturated carbocycles. The zero-order valence-electron chi connectivity index (χ0n) is 15.1. The fraction of sp³-hybridized carbons (Fsp3) is 0.238. The molecule has 0 aliphatic heterocycles. The maximum atomic E-state index is 11.9. The van der Waals surface area contributed by atoms with Gasteiger partial charge in [0.25, 0.3) is 0 Å². The minimum absolute atomic E-state index is 0.102. The van der Waals surface area contributed by atoms with E-state index < -0.39 is 0 Å². The van der Waals surface area contributed by atoms with Gasteiger partial charge in [0.1, 0.15) is 0 Å². The van der Waals surface area contributed by atoms with E-state index in [1.165, 1.54) is 34.8 Å². The maximum absolute atomic E-state index is 11.9. The lowest BCUT2D eigenvalue weighted by Gasteiger charge is -2.03. The van der Waals surface area contributed by atoms with Gasteiger partial charge in [-0.25, -0.2) is 0 Å². The Bertz CT molecular complexity index is 985. The third kappa shape index (κ3) is 3.77. The van der Waals surface area contributed by atoms with Crippen molar-refractivity contribution in [3.05, 3.63) is 54.1 Å². The van der Waals surface area contributed by atoms with Crippen molar-refractivity contribution in [2.24, 2.45) is 0 Å². The number of carbonyl (C=O) groups excluding carboxylic acids is 2. The Morgan fingerprint density at radius 3 is 2.50 bits per heavy atom. The van der Waals surface area contributed by atoms with E-state index in [0.29, 0.717) is 13.1 Å². The largest absolute Gasteiger partial charge is 0.355 e. The molecule has 2 N–H and O–H groups in total. The molecule has 0 aliphatic carbocycles. The number of nitrogens with one attached hydrogen (secondary N) is 2. The zero-order chi connectivity index (χ0) is 18.5. The lowest BCUT2D eigenvalue weighted by molar-refractivity contribution is -0.119. The van der Waals surface area contributed by atoms with Crippen molar-refractivity contribution < 1.29 is 9.59 Å². The minimum atomic E-state index is -0.175. The molecule has 5 nitrogen and oxygen atoms in total. The molecule has 2 aromatic carbocycles. The summed E-state index contributed by atoms with van der Waals surface area (Å²) in [5.74, 6) is -0.277. The second-order valence-corrected chi connectivity index (χ2v) is 6.15. The number of aromatic nitrogens is 1. The van der Waals surface area contributed by atoms with Gasteiger partial charge in [-0.05, 0) is 36.8 Å². The van der Waals surface area contributed by atoms with Gasteiger partial charge < -0.3 is 15.2 Å². The van der Waals surface area contributed by atoms with Crippen molar-refractivity contribution in [2.45, 2.75) is 20.4 Å². The normalized spacial score (nSPS) is 11.3. The van der Waals surface area contributed by atoms with Crippen LogP contribution in [0.3, 0.4) is 0 Å². The zero-order valence-corrected chi connectivity index (χ0v) is 15.1. The van der Waals surface area contributed by atoms with E-state index in [1.807, 2.05) is 18.2 Å². The number of carbonyl (C=O) groups is 2. The summed E-state index contributed by atoms with van der Waals surface area (Å²) >= 11 is 0. The van der Waals surface area contributed by atoms with Crippen molar-refractivity contribution in [2.75, 3.05) is 13.1 Å². The molecular weight excluding hydrogens is 326 g/mol. The van der Waals surface area contributed by atoms with E-state index >= 15 is 0 Å². The number of hydrogen-bond acceptors (Lipinski definition) is 2. The highest BCUT2D eigenvalue weighted by Gasteiger charge is 2.09. The van der Waals surface area contributed by atoms with Gasteiger partial charge in [-0.2, -0.15) is 0 Å². The van der Waals surface area contributed by atoms with E-state index in [9.17, 15) is 9.59 Å². The van der Waals surface area contributed by atoms with Crippen LogP contribution in [0.2, 0.25) is 0 Å². The number of fused-ring (bicyclic) bond motifs is 3. The van der Waals surface area contributed by atoms with Crippen LogP contribution in [0.5, 0.6) is 0 Å². The highest BCUT2D eigenvalue weighted by molar-refractivity contribution is 6.08. The average Bonchev–Trinajstić information content (AvgIpc) is 2.96. The summed E-state index contributed by atoms with van der Waals surface area (Å²) in [4.78, 5) is 22.7. The van der Waals surface area contributed by atoms with Gasteiger partial charge in [-0.3, -0.25) is 9.59 Å². The molecule has 2 amide bonds. The molecule has 1 heterocycles. The first-order chi connectivity index (χ1) is 12.6. The third-order valence-corrected chi connectivity index (χ3v) is 4.34. The van der Waals surface area contributed by atoms with Gasteiger partial charge >= 0.3 is 0 Å². The number of nitrogens with zero attached hydrogens (tertiary/aromatic N) is 1. The van der Waals surface area contributed by atoms with Crippen LogP contribution in [0.15, 0.2) is 48.5 Å². The lowest BCUT2D eigenvalue weighted by Crippen LogP contribution is -2.32. The molecule has 3 rings (SSSR count). The Kier molecular flexibility index (Phi) is 5.37. The number of amides is 2. The summed E-state index contributed by atoms with van der Waals surface area (Å²) in [7, 11) is 0. The summed E-state index contributed by atoms with van der Waals surface area (Å²) in [6.07, 6.45) is 3.33. The number of aryl methyl sites for hydroxylation is 1. The van der Waals surface area contributed by atoms with Gasteiger partial charge in [-0.15, -0.1) is 0 Å². The standard InChI is InChI=1S/C21H23N3O2/c1-3-24-19-7-5-4-6-17(19)18-14-16(8-10-20(18)24)9-11-21(26)23-13-12-22-15(2)25/h4-11,14H,3,12-13H2,1-2H3,(H,22,25)(H,23,26)/b11-9-. The Balaban J connectivity index is 1.78. The van der Waals surface area contributed by atoms with E-state index in [4.69, 9.17) is 0 Å². The van der Waals surface area contributed by atoms with Crippen LogP contribution in [0, 0.1) is 0 Å². The monoisotopic (exact) mass is 349 g/mol. The Morgan fingerprint density at radius 1 is 1.00 bits per heavy atom. The molecule has 0 radical (unpaired) electrons. The molecule has 26 heavy (non-hydrogen) atoms. The Hall–Kier alpha value is -3.08. The van der Waals surface area contributed by atoms with E-state index in [2.05, 4.69) is 52.5 Å². The van der Waals surface area contributed by atoms with E-state index in [0.717, 1.165) is 12.1 Å². The first-order valence-electron chi connectivity index (χ1n) is 8.81. The number of benzene rings is 2. The smallest absolute Gasteiger partial charge is 0.244 e. The van der Waals surface area contributed by atoms with Gasteiger partial charge in [0, 0.05) is 54.4 Å². The fourth-order valence-electron chi connectivity index (χ4n) is 3.17. The Morgan fingerprint density at radius 2 is 1.73 bits per heavy atom.